The lowest BCUT2D eigenvalue weighted by Gasteiger charge is -2.12. The molecule has 1 unspecified atom stereocenters. The Hall–Kier alpha value is -1.35. The molecule has 0 spiro atoms. The molecule has 0 bridgehead atoms. The number of amides is 1. The molecule has 1 amide bonds. The largest absolute Gasteiger partial charge is 0.382 e. The van der Waals surface area contributed by atoms with Crippen LogP contribution in [0.3, 0.4) is 0 Å². The van der Waals surface area contributed by atoms with Crippen molar-refractivity contribution in [1.29, 1.82) is 0 Å². The first-order valence-corrected chi connectivity index (χ1v) is 8.37. The third-order valence-electron chi connectivity index (χ3n) is 2.96. The summed E-state index contributed by atoms with van der Waals surface area (Å²) in [6.45, 7) is 2.03. The van der Waals surface area contributed by atoms with E-state index >= 15 is 0 Å². The van der Waals surface area contributed by atoms with Crippen molar-refractivity contribution in [3.8, 4) is 0 Å². The van der Waals surface area contributed by atoms with Crippen molar-refractivity contribution >= 4 is 38.1 Å². The van der Waals surface area contributed by atoms with Gasteiger partial charge in [0.05, 0.1) is 5.75 Å². The van der Waals surface area contributed by atoms with Crippen molar-refractivity contribution < 1.29 is 13.2 Å². The van der Waals surface area contributed by atoms with Crippen molar-refractivity contribution in [3.63, 3.8) is 0 Å². The number of nitrogen functional groups attached to an aromatic ring is 1. The first-order chi connectivity index (χ1) is 8.94. The van der Waals surface area contributed by atoms with Gasteiger partial charge >= 0.3 is 0 Å². The molecule has 1 aliphatic rings. The van der Waals surface area contributed by atoms with Crippen molar-refractivity contribution in [1.82, 2.24) is 9.69 Å². The minimum Gasteiger partial charge on any atom is -0.382 e. The van der Waals surface area contributed by atoms with Gasteiger partial charge in [-0.15, -0.1) is 0 Å². The number of carbonyl (C=O) groups is 1. The second-order valence-corrected chi connectivity index (χ2v) is 7.30. The van der Waals surface area contributed by atoms with E-state index < -0.39 is 9.84 Å². The fourth-order valence-electron chi connectivity index (χ4n) is 1.90. The number of sulfone groups is 1. The van der Waals surface area contributed by atoms with Crippen LogP contribution in [0.1, 0.15) is 19.8 Å². The van der Waals surface area contributed by atoms with Gasteiger partial charge in [-0.25, -0.2) is 8.42 Å². The highest BCUT2D eigenvalue weighted by Crippen LogP contribution is 2.32. The highest BCUT2D eigenvalue weighted by Gasteiger charge is 2.25. The van der Waals surface area contributed by atoms with Crippen LogP contribution >= 0.6 is 11.5 Å². The van der Waals surface area contributed by atoms with Gasteiger partial charge in [0.1, 0.15) is 9.90 Å². The van der Waals surface area contributed by atoms with Gasteiger partial charge in [-0.3, -0.25) is 4.79 Å². The van der Waals surface area contributed by atoms with Crippen LogP contribution in [-0.2, 0) is 14.6 Å². The van der Waals surface area contributed by atoms with E-state index in [-0.39, 0.29) is 28.4 Å². The van der Waals surface area contributed by atoms with Gasteiger partial charge in [-0.2, -0.15) is 4.37 Å². The van der Waals surface area contributed by atoms with Gasteiger partial charge in [-0.05, 0) is 18.0 Å². The Labute approximate surface area is 115 Å². The van der Waals surface area contributed by atoms with Crippen molar-refractivity contribution in [2.45, 2.75) is 30.7 Å². The van der Waals surface area contributed by atoms with E-state index in [1.165, 1.54) is 0 Å². The maximum absolute atomic E-state index is 11.9. The molecule has 106 valence electrons. The molecule has 0 saturated carbocycles. The SMILES string of the molecule is CCS(=O)(=O)c1c(N)nsc1NCC1CCC(=O)N1. The van der Waals surface area contributed by atoms with Gasteiger partial charge in [0.2, 0.25) is 5.91 Å². The van der Waals surface area contributed by atoms with Crippen LogP contribution in [0.5, 0.6) is 0 Å². The molecule has 1 aromatic heterocycles. The monoisotopic (exact) mass is 304 g/mol. The van der Waals surface area contributed by atoms with E-state index in [4.69, 9.17) is 5.73 Å². The van der Waals surface area contributed by atoms with Gasteiger partial charge in [0.15, 0.2) is 15.7 Å². The Morgan fingerprint density at radius 3 is 2.89 bits per heavy atom. The lowest BCUT2D eigenvalue weighted by molar-refractivity contribution is -0.119. The maximum atomic E-state index is 11.9. The molecule has 0 radical (unpaired) electrons. The smallest absolute Gasteiger partial charge is 0.220 e. The Kier molecular flexibility index (Phi) is 3.95. The molecular formula is C10H16N4O3S2. The predicted octanol–water partition coefficient (Wildman–Crippen LogP) is 0.209. The predicted molar refractivity (Wildman–Crippen MR) is 73.9 cm³/mol. The van der Waals surface area contributed by atoms with Crippen LogP contribution in [0.4, 0.5) is 10.8 Å². The first-order valence-electron chi connectivity index (χ1n) is 5.95. The Morgan fingerprint density at radius 1 is 1.58 bits per heavy atom. The zero-order chi connectivity index (χ0) is 14.0. The highest BCUT2D eigenvalue weighted by molar-refractivity contribution is 7.91. The minimum absolute atomic E-state index is 0.0213. The van der Waals surface area contributed by atoms with Crippen LogP contribution in [0.2, 0.25) is 0 Å². The lowest BCUT2D eigenvalue weighted by atomic mass is 10.2. The Bertz CT molecular complexity index is 582. The van der Waals surface area contributed by atoms with Gasteiger partial charge in [0, 0.05) is 19.0 Å². The summed E-state index contributed by atoms with van der Waals surface area (Å²) in [5, 5.41) is 6.27. The molecular weight excluding hydrogens is 288 g/mol. The average molecular weight is 304 g/mol. The molecule has 1 aromatic rings. The topological polar surface area (TPSA) is 114 Å². The van der Waals surface area contributed by atoms with E-state index in [0.717, 1.165) is 18.0 Å². The number of nitrogens with one attached hydrogen (secondary N) is 2. The summed E-state index contributed by atoms with van der Waals surface area (Å²) in [5.41, 5.74) is 5.62. The number of hydrogen-bond donors (Lipinski definition) is 3. The number of rotatable bonds is 5. The quantitative estimate of drug-likeness (QED) is 0.716. The molecule has 9 heteroatoms. The van der Waals surface area contributed by atoms with Crippen LogP contribution in [0.25, 0.3) is 0 Å². The van der Waals surface area contributed by atoms with Crippen molar-refractivity contribution in [2.75, 3.05) is 23.3 Å². The van der Waals surface area contributed by atoms with Gasteiger partial charge in [-0.1, -0.05) is 6.92 Å². The number of aromatic nitrogens is 1. The molecule has 0 aliphatic carbocycles. The number of nitrogens with two attached hydrogens (primary N) is 1. The summed E-state index contributed by atoms with van der Waals surface area (Å²) in [7, 11) is -3.40. The number of carbonyl (C=O) groups excluding carboxylic acids is 1. The molecule has 0 aromatic carbocycles. The second-order valence-electron chi connectivity index (χ2n) is 4.31. The van der Waals surface area contributed by atoms with Gasteiger partial charge in [0.25, 0.3) is 0 Å². The Morgan fingerprint density at radius 2 is 2.32 bits per heavy atom. The molecule has 2 heterocycles. The normalized spacial score (nSPS) is 19.4. The van der Waals surface area contributed by atoms with E-state index in [1.54, 1.807) is 6.92 Å². The summed E-state index contributed by atoms with van der Waals surface area (Å²) < 4.78 is 27.7. The third-order valence-corrected chi connectivity index (χ3v) is 5.70. The first kappa shape index (κ1) is 14.1. The molecule has 4 N–H and O–H groups in total. The number of anilines is 2. The number of hydrogen-bond acceptors (Lipinski definition) is 7. The average Bonchev–Trinajstić information content (AvgIpc) is 2.93. The summed E-state index contributed by atoms with van der Waals surface area (Å²) in [6.07, 6.45) is 1.26. The summed E-state index contributed by atoms with van der Waals surface area (Å²) >= 11 is 1.02. The maximum Gasteiger partial charge on any atom is 0.220 e. The summed E-state index contributed by atoms with van der Waals surface area (Å²) in [6, 6.07) is 0.0213. The van der Waals surface area contributed by atoms with E-state index in [0.29, 0.717) is 18.0 Å². The van der Waals surface area contributed by atoms with Crippen LogP contribution in [0.15, 0.2) is 4.90 Å². The third kappa shape index (κ3) is 2.98. The molecule has 19 heavy (non-hydrogen) atoms. The second kappa shape index (κ2) is 5.33. The standard InChI is InChI=1S/C10H16N4O3S2/c1-2-19(16,17)8-9(11)14-18-10(8)12-5-6-3-4-7(15)13-6/h6,12H,2-5H2,1H3,(H2,11,14)(H,13,15). The zero-order valence-corrected chi connectivity index (χ0v) is 12.1. The number of nitrogens with zero attached hydrogens (tertiary/aromatic N) is 1. The molecule has 2 rings (SSSR count). The summed E-state index contributed by atoms with van der Waals surface area (Å²) in [4.78, 5) is 11.2. The van der Waals surface area contributed by atoms with Crippen LogP contribution < -0.4 is 16.4 Å². The molecule has 1 saturated heterocycles. The van der Waals surface area contributed by atoms with Crippen molar-refractivity contribution in [2.24, 2.45) is 0 Å². The zero-order valence-electron chi connectivity index (χ0n) is 10.5. The fourth-order valence-corrected chi connectivity index (χ4v) is 4.07. The van der Waals surface area contributed by atoms with E-state index in [1.807, 2.05) is 0 Å². The molecule has 1 atom stereocenters. The minimum atomic E-state index is -3.40. The van der Waals surface area contributed by atoms with Crippen molar-refractivity contribution in [3.05, 3.63) is 0 Å². The fraction of sp³-hybridized carbons (Fsp3) is 0.600. The van der Waals surface area contributed by atoms with Gasteiger partial charge < -0.3 is 16.4 Å². The molecule has 1 aliphatic heterocycles. The summed E-state index contributed by atoms with van der Waals surface area (Å²) in [5.74, 6) is 0.0339. The van der Waals surface area contributed by atoms with Crippen LogP contribution in [0, 0.1) is 0 Å². The lowest BCUT2D eigenvalue weighted by Crippen LogP contribution is -2.31. The Balaban J connectivity index is 2.11. The van der Waals surface area contributed by atoms with E-state index in [9.17, 15) is 13.2 Å². The molecule has 7 nitrogen and oxygen atoms in total. The molecule has 1 fully saturated rings. The van der Waals surface area contributed by atoms with Crippen LogP contribution in [-0.4, -0.2) is 37.0 Å². The highest BCUT2D eigenvalue weighted by atomic mass is 32.2. The van der Waals surface area contributed by atoms with E-state index in [2.05, 4.69) is 15.0 Å².